The molecule has 0 saturated carbocycles. The highest BCUT2D eigenvalue weighted by atomic mass is 16.3. The number of rotatable bonds is 3. The average Bonchev–Trinajstić information content (AvgIpc) is 3.00. The van der Waals surface area contributed by atoms with Crippen LogP contribution in [0.3, 0.4) is 0 Å². The minimum Gasteiger partial charge on any atom is -0.456 e. The fourth-order valence-electron chi connectivity index (χ4n) is 3.05. The highest BCUT2D eigenvalue weighted by molar-refractivity contribution is 6.05. The second-order valence-corrected chi connectivity index (χ2v) is 6.03. The van der Waals surface area contributed by atoms with Gasteiger partial charge in [-0.05, 0) is 47.4 Å². The number of benzene rings is 3. The molecule has 0 fully saturated rings. The second-order valence-electron chi connectivity index (χ2n) is 6.03. The van der Waals surface area contributed by atoms with Crippen molar-refractivity contribution < 1.29 is 4.42 Å². The molecule has 0 saturated heterocycles. The largest absolute Gasteiger partial charge is 0.456 e. The van der Waals surface area contributed by atoms with E-state index < -0.39 is 0 Å². The molecule has 1 heteroatoms. The van der Waals surface area contributed by atoms with Gasteiger partial charge in [-0.15, -0.1) is 0 Å². The van der Waals surface area contributed by atoms with Gasteiger partial charge >= 0.3 is 0 Å². The van der Waals surface area contributed by atoms with Gasteiger partial charge in [0, 0.05) is 10.8 Å². The Kier molecular flexibility index (Phi) is 3.55. The van der Waals surface area contributed by atoms with E-state index in [9.17, 15) is 0 Å². The predicted molar refractivity (Wildman–Crippen MR) is 103 cm³/mol. The summed E-state index contributed by atoms with van der Waals surface area (Å²) in [5.74, 6) is 0. The summed E-state index contributed by atoms with van der Waals surface area (Å²) in [7, 11) is 0. The van der Waals surface area contributed by atoms with Crippen molar-refractivity contribution >= 4 is 33.1 Å². The van der Waals surface area contributed by atoms with Crippen LogP contribution >= 0.6 is 0 Å². The van der Waals surface area contributed by atoms with Crippen molar-refractivity contribution in [3.8, 4) is 0 Å². The molecular formula is C23H18O. The van der Waals surface area contributed by atoms with Crippen LogP contribution in [0.2, 0.25) is 0 Å². The van der Waals surface area contributed by atoms with Crippen LogP contribution < -0.4 is 0 Å². The van der Waals surface area contributed by atoms with Crippen LogP contribution in [0.5, 0.6) is 0 Å². The van der Waals surface area contributed by atoms with Crippen molar-refractivity contribution in [2.75, 3.05) is 0 Å². The second kappa shape index (κ2) is 5.86. The Labute approximate surface area is 141 Å². The Morgan fingerprint density at radius 1 is 0.792 bits per heavy atom. The molecule has 0 unspecified atom stereocenters. The van der Waals surface area contributed by atoms with E-state index in [-0.39, 0.29) is 0 Å². The lowest BCUT2D eigenvalue weighted by Gasteiger charge is -2.05. The number of para-hydroxylation sites is 1. The molecule has 0 bridgehead atoms. The number of furan rings is 1. The van der Waals surface area contributed by atoms with Crippen molar-refractivity contribution in [1.82, 2.24) is 0 Å². The van der Waals surface area contributed by atoms with Gasteiger partial charge in [-0.25, -0.2) is 0 Å². The van der Waals surface area contributed by atoms with E-state index in [2.05, 4.69) is 68.1 Å². The highest BCUT2D eigenvalue weighted by Crippen LogP contribution is 2.31. The minimum atomic E-state index is 0.903. The Balaban J connectivity index is 1.73. The molecule has 4 rings (SSSR count). The zero-order valence-corrected chi connectivity index (χ0v) is 13.6. The fourth-order valence-corrected chi connectivity index (χ4v) is 3.05. The standard InChI is InChI=1S/C23H18O/c1-16(18-8-4-3-5-9-18)14-17(2)19-12-13-21-20-10-6-7-11-22(20)24-23(21)15-19/h3-15H,2H2,1H3/b16-14+. The lowest BCUT2D eigenvalue weighted by Crippen LogP contribution is -1.82. The van der Waals surface area contributed by atoms with Crippen LogP contribution in [0.1, 0.15) is 18.1 Å². The van der Waals surface area contributed by atoms with E-state index in [1.807, 2.05) is 24.3 Å². The number of hydrogen-bond donors (Lipinski definition) is 0. The quantitative estimate of drug-likeness (QED) is 0.384. The summed E-state index contributed by atoms with van der Waals surface area (Å²) in [6, 6.07) is 24.8. The molecule has 4 aromatic rings. The summed E-state index contributed by atoms with van der Waals surface area (Å²) >= 11 is 0. The topological polar surface area (TPSA) is 13.1 Å². The maximum Gasteiger partial charge on any atom is 0.136 e. The third kappa shape index (κ3) is 2.55. The molecule has 24 heavy (non-hydrogen) atoms. The maximum absolute atomic E-state index is 5.97. The normalized spacial score (nSPS) is 12.0. The van der Waals surface area contributed by atoms with E-state index in [4.69, 9.17) is 4.42 Å². The van der Waals surface area contributed by atoms with Crippen LogP contribution in [-0.2, 0) is 0 Å². The van der Waals surface area contributed by atoms with E-state index in [1.165, 1.54) is 11.1 Å². The Morgan fingerprint density at radius 2 is 1.50 bits per heavy atom. The molecule has 0 spiro atoms. The van der Waals surface area contributed by atoms with Gasteiger partial charge < -0.3 is 4.42 Å². The highest BCUT2D eigenvalue weighted by Gasteiger charge is 2.07. The molecule has 0 atom stereocenters. The summed E-state index contributed by atoms with van der Waals surface area (Å²) in [6.07, 6.45) is 2.12. The van der Waals surface area contributed by atoms with Crippen molar-refractivity contribution in [2.45, 2.75) is 6.92 Å². The number of allylic oxidation sites excluding steroid dienone is 3. The minimum absolute atomic E-state index is 0.903. The van der Waals surface area contributed by atoms with Gasteiger partial charge in [-0.1, -0.05) is 67.3 Å². The monoisotopic (exact) mass is 310 g/mol. The predicted octanol–water partition coefficient (Wildman–Crippen LogP) is 6.70. The first-order chi connectivity index (χ1) is 11.7. The molecule has 0 N–H and O–H groups in total. The molecular weight excluding hydrogens is 292 g/mol. The fraction of sp³-hybridized carbons (Fsp3) is 0.0435. The van der Waals surface area contributed by atoms with Crippen molar-refractivity contribution in [2.24, 2.45) is 0 Å². The van der Waals surface area contributed by atoms with Gasteiger partial charge in [-0.3, -0.25) is 0 Å². The van der Waals surface area contributed by atoms with Gasteiger partial charge in [-0.2, -0.15) is 0 Å². The zero-order valence-electron chi connectivity index (χ0n) is 13.6. The van der Waals surface area contributed by atoms with Crippen molar-refractivity contribution in [3.05, 3.63) is 96.6 Å². The van der Waals surface area contributed by atoms with Gasteiger partial charge in [0.25, 0.3) is 0 Å². The summed E-state index contributed by atoms with van der Waals surface area (Å²) in [6.45, 7) is 6.34. The van der Waals surface area contributed by atoms with Crippen LogP contribution in [0.15, 0.2) is 89.9 Å². The first kappa shape index (κ1) is 14.5. The van der Waals surface area contributed by atoms with Gasteiger partial charge in [0.1, 0.15) is 11.2 Å². The molecule has 0 aliphatic heterocycles. The van der Waals surface area contributed by atoms with Crippen LogP contribution in [0.4, 0.5) is 0 Å². The van der Waals surface area contributed by atoms with E-state index >= 15 is 0 Å². The lowest BCUT2D eigenvalue weighted by molar-refractivity contribution is 0.669. The maximum atomic E-state index is 5.97. The van der Waals surface area contributed by atoms with Crippen molar-refractivity contribution in [1.29, 1.82) is 0 Å². The summed E-state index contributed by atoms with van der Waals surface area (Å²) in [5.41, 5.74) is 6.30. The molecule has 0 radical (unpaired) electrons. The summed E-state index contributed by atoms with van der Waals surface area (Å²) < 4.78 is 5.97. The molecule has 3 aromatic carbocycles. The first-order valence-electron chi connectivity index (χ1n) is 8.07. The first-order valence-corrected chi connectivity index (χ1v) is 8.07. The van der Waals surface area contributed by atoms with E-state index in [1.54, 1.807) is 0 Å². The lowest BCUT2D eigenvalue weighted by atomic mass is 10.00. The number of fused-ring (bicyclic) bond motifs is 3. The average molecular weight is 310 g/mol. The van der Waals surface area contributed by atoms with Crippen LogP contribution in [-0.4, -0.2) is 0 Å². The Hall–Kier alpha value is -3.06. The third-order valence-electron chi connectivity index (χ3n) is 4.37. The van der Waals surface area contributed by atoms with Crippen LogP contribution in [0, 0.1) is 0 Å². The SMILES string of the molecule is C=C(/C=C(\C)c1ccccc1)c1ccc2c(c1)oc1ccccc12. The molecule has 0 amide bonds. The van der Waals surface area contributed by atoms with Gasteiger partial charge in [0.05, 0.1) is 0 Å². The summed E-state index contributed by atoms with van der Waals surface area (Å²) in [4.78, 5) is 0. The van der Waals surface area contributed by atoms with Crippen molar-refractivity contribution in [3.63, 3.8) is 0 Å². The van der Waals surface area contributed by atoms with Crippen LogP contribution in [0.25, 0.3) is 33.1 Å². The molecule has 0 aliphatic rings. The molecule has 116 valence electrons. The summed E-state index contributed by atoms with van der Waals surface area (Å²) in [5, 5.41) is 2.30. The van der Waals surface area contributed by atoms with E-state index in [0.717, 1.165) is 33.1 Å². The molecule has 1 nitrogen and oxygen atoms in total. The molecule has 1 heterocycles. The molecule has 1 aromatic heterocycles. The van der Waals surface area contributed by atoms with Gasteiger partial charge in [0.15, 0.2) is 0 Å². The van der Waals surface area contributed by atoms with Gasteiger partial charge in [0.2, 0.25) is 0 Å². The Morgan fingerprint density at radius 3 is 2.33 bits per heavy atom. The zero-order chi connectivity index (χ0) is 16.5. The van der Waals surface area contributed by atoms with E-state index in [0.29, 0.717) is 0 Å². The third-order valence-corrected chi connectivity index (χ3v) is 4.37. The molecule has 0 aliphatic carbocycles. The smallest absolute Gasteiger partial charge is 0.136 e. The number of hydrogen-bond acceptors (Lipinski definition) is 1. The Bertz CT molecular complexity index is 1070.